The number of aliphatic hydroxyl groups excluding tert-OH is 1. The summed E-state index contributed by atoms with van der Waals surface area (Å²) in [5.41, 5.74) is 1.22. The van der Waals surface area contributed by atoms with Crippen LogP contribution in [0.4, 0.5) is 0 Å². The van der Waals surface area contributed by atoms with Crippen LogP contribution < -0.4 is 5.32 Å². The van der Waals surface area contributed by atoms with Crippen LogP contribution in [0.2, 0.25) is 0 Å². The van der Waals surface area contributed by atoms with Crippen LogP contribution in [0.15, 0.2) is 48.1 Å². The summed E-state index contributed by atoms with van der Waals surface area (Å²) >= 11 is 0. The van der Waals surface area contributed by atoms with Crippen molar-refractivity contribution < 1.29 is 5.11 Å². The second-order valence-corrected chi connectivity index (χ2v) is 2.77. The molecule has 0 bridgehead atoms. The molecule has 0 aromatic heterocycles. The summed E-state index contributed by atoms with van der Waals surface area (Å²) in [6.07, 6.45) is 14.1. The number of nitrogens with one attached hydrogen (secondary N) is 1. The maximum absolute atomic E-state index is 8.57. The van der Waals surface area contributed by atoms with Gasteiger partial charge in [0.05, 0.1) is 6.61 Å². The van der Waals surface area contributed by atoms with Crippen molar-refractivity contribution in [2.75, 3.05) is 19.7 Å². The molecule has 0 aromatic carbocycles. The highest BCUT2D eigenvalue weighted by atomic mass is 16.3. The van der Waals surface area contributed by atoms with Gasteiger partial charge in [0.1, 0.15) is 0 Å². The summed E-state index contributed by atoms with van der Waals surface area (Å²) in [7, 11) is 0. The molecule has 2 heteroatoms. The molecule has 1 aliphatic rings. The first-order valence-electron chi connectivity index (χ1n) is 4.45. The maximum atomic E-state index is 8.57. The van der Waals surface area contributed by atoms with E-state index >= 15 is 0 Å². The van der Waals surface area contributed by atoms with Crippen LogP contribution >= 0.6 is 0 Å². The lowest BCUT2D eigenvalue weighted by Crippen LogP contribution is -2.20. The molecule has 0 unspecified atom stereocenters. The van der Waals surface area contributed by atoms with Crippen molar-refractivity contribution in [1.82, 2.24) is 5.32 Å². The van der Waals surface area contributed by atoms with Crippen molar-refractivity contribution >= 4 is 0 Å². The predicted molar refractivity (Wildman–Crippen MR) is 55.5 cm³/mol. The van der Waals surface area contributed by atoms with Crippen molar-refractivity contribution in [2.45, 2.75) is 0 Å². The zero-order chi connectivity index (χ0) is 9.36. The normalized spacial score (nSPS) is 15.3. The Labute approximate surface area is 79.0 Å². The van der Waals surface area contributed by atoms with E-state index in [0.29, 0.717) is 6.54 Å². The topological polar surface area (TPSA) is 32.3 Å². The first-order chi connectivity index (χ1) is 6.43. The van der Waals surface area contributed by atoms with E-state index in [0.717, 1.165) is 6.54 Å². The van der Waals surface area contributed by atoms with Gasteiger partial charge in [0.25, 0.3) is 0 Å². The highest BCUT2D eigenvalue weighted by molar-refractivity contribution is 5.31. The average molecular weight is 177 g/mol. The van der Waals surface area contributed by atoms with Crippen molar-refractivity contribution in [1.29, 1.82) is 0 Å². The summed E-state index contributed by atoms with van der Waals surface area (Å²) in [4.78, 5) is 0. The predicted octanol–water partition coefficient (Wildman–Crippen LogP) is 1.18. The van der Waals surface area contributed by atoms with Gasteiger partial charge in [-0.3, -0.25) is 0 Å². The van der Waals surface area contributed by atoms with E-state index in [9.17, 15) is 0 Å². The smallest absolute Gasteiger partial charge is 0.0556 e. The van der Waals surface area contributed by atoms with Gasteiger partial charge < -0.3 is 10.4 Å². The lowest BCUT2D eigenvalue weighted by Gasteiger charge is -2.03. The molecule has 2 nitrogen and oxygen atoms in total. The van der Waals surface area contributed by atoms with Crippen LogP contribution in [0.1, 0.15) is 0 Å². The summed E-state index contributed by atoms with van der Waals surface area (Å²) in [5, 5.41) is 11.7. The Morgan fingerprint density at radius 1 is 1.08 bits per heavy atom. The minimum atomic E-state index is 0.187. The zero-order valence-corrected chi connectivity index (χ0v) is 7.61. The van der Waals surface area contributed by atoms with Crippen molar-refractivity contribution in [3.63, 3.8) is 0 Å². The average Bonchev–Trinajstić information content (AvgIpc) is 2.08. The molecule has 13 heavy (non-hydrogen) atoms. The Kier molecular flexibility index (Phi) is 4.91. The molecule has 0 aliphatic heterocycles. The van der Waals surface area contributed by atoms with Crippen molar-refractivity contribution in [3.8, 4) is 0 Å². The number of rotatable bonds is 4. The number of allylic oxidation sites excluding steroid dienone is 6. The molecule has 0 amide bonds. The number of aliphatic hydroxyl groups is 1. The molecule has 2 N–H and O–H groups in total. The van der Waals surface area contributed by atoms with Gasteiger partial charge >= 0.3 is 0 Å². The van der Waals surface area contributed by atoms with E-state index in [1.54, 1.807) is 0 Å². The highest BCUT2D eigenvalue weighted by Crippen LogP contribution is 1.99. The maximum Gasteiger partial charge on any atom is 0.0556 e. The van der Waals surface area contributed by atoms with E-state index in [1.807, 2.05) is 30.4 Å². The van der Waals surface area contributed by atoms with Gasteiger partial charge in [0.2, 0.25) is 0 Å². The Balaban J connectivity index is 2.39. The summed E-state index contributed by atoms with van der Waals surface area (Å²) in [6.45, 7) is 1.63. The van der Waals surface area contributed by atoms with Gasteiger partial charge in [0.15, 0.2) is 0 Å². The minimum absolute atomic E-state index is 0.187. The molecule has 1 aliphatic carbocycles. The molecule has 0 heterocycles. The quantitative estimate of drug-likeness (QED) is 0.632. The SMILES string of the molecule is OCCNCC1=CC=CC=CC=C1. The highest BCUT2D eigenvalue weighted by Gasteiger charge is 1.90. The molecule has 0 radical (unpaired) electrons. The third kappa shape index (κ3) is 4.45. The third-order valence-corrected chi connectivity index (χ3v) is 1.68. The molecule has 1 rings (SSSR count). The third-order valence-electron chi connectivity index (χ3n) is 1.68. The fraction of sp³-hybridized carbons (Fsp3) is 0.273. The van der Waals surface area contributed by atoms with Crippen LogP contribution in [0.5, 0.6) is 0 Å². The Morgan fingerprint density at radius 2 is 1.85 bits per heavy atom. The molecular weight excluding hydrogens is 162 g/mol. The Hall–Kier alpha value is -1.12. The van der Waals surface area contributed by atoms with E-state index in [-0.39, 0.29) is 6.61 Å². The lowest BCUT2D eigenvalue weighted by atomic mass is 10.2. The molecule has 0 spiro atoms. The van der Waals surface area contributed by atoms with Gasteiger partial charge in [-0.25, -0.2) is 0 Å². The van der Waals surface area contributed by atoms with E-state index < -0.39 is 0 Å². The lowest BCUT2D eigenvalue weighted by molar-refractivity contribution is 0.294. The number of hydrogen-bond acceptors (Lipinski definition) is 2. The largest absolute Gasteiger partial charge is 0.395 e. The fourth-order valence-corrected chi connectivity index (χ4v) is 1.04. The van der Waals surface area contributed by atoms with Crippen molar-refractivity contribution in [3.05, 3.63) is 48.1 Å². The molecule has 0 atom stereocenters. The van der Waals surface area contributed by atoms with Crippen LogP contribution in [-0.2, 0) is 0 Å². The van der Waals surface area contributed by atoms with Crippen LogP contribution in [0.3, 0.4) is 0 Å². The first-order valence-corrected chi connectivity index (χ1v) is 4.45. The molecule has 0 fully saturated rings. The van der Waals surface area contributed by atoms with E-state index in [2.05, 4.69) is 17.5 Å². The minimum Gasteiger partial charge on any atom is -0.395 e. The van der Waals surface area contributed by atoms with E-state index in [4.69, 9.17) is 5.11 Å². The summed E-state index contributed by atoms with van der Waals surface area (Å²) < 4.78 is 0. The van der Waals surface area contributed by atoms with Crippen LogP contribution in [0, 0.1) is 0 Å². The molecule has 0 aromatic rings. The Morgan fingerprint density at radius 3 is 2.69 bits per heavy atom. The van der Waals surface area contributed by atoms with E-state index in [1.165, 1.54) is 5.57 Å². The Bertz CT molecular complexity index is 249. The van der Waals surface area contributed by atoms with Gasteiger partial charge in [-0.1, -0.05) is 42.5 Å². The summed E-state index contributed by atoms with van der Waals surface area (Å²) in [5.74, 6) is 0. The van der Waals surface area contributed by atoms with Gasteiger partial charge in [-0.2, -0.15) is 0 Å². The fourth-order valence-electron chi connectivity index (χ4n) is 1.04. The summed E-state index contributed by atoms with van der Waals surface area (Å²) in [6, 6.07) is 0. The molecule has 70 valence electrons. The first kappa shape index (κ1) is 9.96. The van der Waals surface area contributed by atoms with Crippen molar-refractivity contribution in [2.24, 2.45) is 0 Å². The van der Waals surface area contributed by atoms with Gasteiger partial charge in [0, 0.05) is 13.1 Å². The van der Waals surface area contributed by atoms with Crippen LogP contribution in [-0.4, -0.2) is 24.8 Å². The molecule has 0 saturated carbocycles. The zero-order valence-electron chi connectivity index (χ0n) is 7.61. The standard InChI is InChI=1S/C11H15NO/c13-9-8-12-10-11-6-4-2-1-3-5-7-11/h1-7,12-13H,8-10H2. The van der Waals surface area contributed by atoms with Gasteiger partial charge in [-0.05, 0) is 5.57 Å². The van der Waals surface area contributed by atoms with Crippen LogP contribution in [0.25, 0.3) is 0 Å². The second kappa shape index (κ2) is 6.40. The number of hydrogen-bond donors (Lipinski definition) is 2. The molecule has 0 saturated heterocycles. The monoisotopic (exact) mass is 177 g/mol. The van der Waals surface area contributed by atoms with Gasteiger partial charge in [-0.15, -0.1) is 0 Å². The second-order valence-electron chi connectivity index (χ2n) is 2.77. The molecular formula is C11H15NO.